The first-order valence-corrected chi connectivity index (χ1v) is 9.75. The molecule has 0 amide bonds. The van der Waals surface area contributed by atoms with Crippen LogP contribution in [0.2, 0.25) is 0 Å². The number of oxazole rings is 2. The van der Waals surface area contributed by atoms with Crippen LogP contribution in [0.25, 0.3) is 0 Å². The first-order chi connectivity index (χ1) is 12.8. The summed E-state index contributed by atoms with van der Waals surface area (Å²) >= 11 is 0. The Bertz CT molecular complexity index is 875. The van der Waals surface area contributed by atoms with E-state index in [-0.39, 0.29) is 11.8 Å². The Morgan fingerprint density at radius 2 is 1.78 bits per heavy atom. The van der Waals surface area contributed by atoms with Crippen molar-refractivity contribution in [3.63, 3.8) is 0 Å². The lowest BCUT2D eigenvalue weighted by Crippen LogP contribution is -2.00. The Labute approximate surface area is 161 Å². The van der Waals surface area contributed by atoms with Crippen molar-refractivity contribution < 1.29 is 8.83 Å². The zero-order chi connectivity index (χ0) is 19.6. The van der Waals surface area contributed by atoms with Crippen LogP contribution in [0, 0.1) is 13.8 Å². The maximum absolute atomic E-state index is 6.11. The number of hydrogen-bond donors (Lipinski definition) is 0. The van der Waals surface area contributed by atoms with E-state index in [1.54, 1.807) is 6.20 Å². The second-order valence-corrected chi connectivity index (χ2v) is 7.84. The molecule has 3 aromatic heterocycles. The number of nitrogens with zero attached hydrogens (tertiary/aromatic N) is 4. The van der Waals surface area contributed by atoms with Gasteiger partial charge in [0.25, 0.3) is 0 Å². The molecule has 6 heteroatoms. The van der Waals surface area contributed by atoms with E-state index in [1.165, 1.54) is 5.56 Å². The minimum atomic E-state index is 0.162. The quantitative estimate of drug-likeness (QED) is 0.549. The summed E-state index contributed by atoms with van der Waals surface area (Å²) in [7, 11) is 0. The maximum Gasteiger partial charge on any atom is 0.197 e. The molecular formula is C21H30N4O2. The predicted molar refractivity (Wildman–Crippen MR) is 104 cm³/mol. The average Bonchev–Trinajstić information content (AvgIpc) is 3.33. The Morgan fingerprint density at radius 1 is 1.00 bits per heavy atom. The van der Waals surface area contributed by atoms with Crippen LogP contribution in [0.15, 0.2) is 27.4 Å². The van der Waals surface area contributed by atoms with Crippen LogP contribution in [0.4, 0.5) is 0 Å². The molecule has 0 bridgehead atoms. The second-order valence-electron chi connectivity index (χ2n) is 7.84. The Kier molecular flexibility index (Phi) is 5.82. The van der Waals surface area contributed by atoms with E-state index in [4.69, 9.17) is 8.83 Å². The summed E-state index contributed by atoms with van der Waals surface area (Å²) in [6.07, 6.45) is 8.54. The highest BCUT2D eigenvalue weighted by Gasteiger charge is 2.20. The van der Waals surface area contributed by atoms with Gasteiger partial charge >= 0.3 is 0 Å². The molecule has 6 nitrogen and oxygen atoms in total. The van der Waals surface area contributed by atoms with Crippen molar-refractivity contribution in [2.45, 2.75) is 78.7 Å². The van der Waals surface area contributed by atoms with Gasteiger partial charge in [-0.3, -0.25) is 4.68 Å². The van der Waals surface area contributed by atoms with Crippen molar-refractivity contribution in [1.29, 1.82) is 0 Å². The highest BCUT2D eigenvalue weighted by atomic mass is 16.4. The monoisotopic (exact) mass is 370 g/mol. The molecule has 3 rings (SSSR count). The van der Waals surface area contributed by atoms with Gasteiger partial charge in [0.2, 0.25) is 0 Å². The van der Waals surface area contributed by atoms with Crippen molar-refractivity contribution >= 4 is 0 Å². The van der Waals surface area contributed by atoms with Gasteiger partial charge < -0.3 is 8.83 Å². The van der Waals surface area contributed by atoms with Crippen LogP contribution in [0.1, 0.15) is 86.6 Å². The Morgan fingerprint density at radius 3 is 2.41 bits per heavy atom. The molecule has 3 heterocycles. The minimum absolute atomic E-state index is 0.162. The summed E-state index contributed by atoms with van der Waals surface area (Å²) in [4.78, 5) is 8.99. The number of rotatable bonds is 8. The molecule has 0 saturated heterocycles. The summed E-state index contributed by atoms with van der Waals surface area (Å²) in [6, 6.07) is 0.391. The van der Waals surface area contributed by atoms with E-state index in [0.29, 0.717) is 6.04 Å². The van der Waals surface area contributed by atoms with Crippen molar-refractivity contribution in [3.05, 3.63) is 53.1 Å². The molecular weight excluding hydrogens is 340 g/mol. The van der Waals surface area contributed by atoms with Crippen molar-refractivity contribution in [1.82, 2.24) is 19.7 Å². The standard InChI is InChI=1S/C21H30N4O2/c1-13(2)25-12-18(11-23-25)8-7-14(3)21-24-17(6)19(27-21)9-15(4)20-22-10-16(5)26-20/h10-15H,7-9H2,1-6H3. The Balaban J connectivity index is 1.60. The normalized spacial score (nSPS) is 14.0. The molecule has 2 unspecified atom stereocenters. The summed E-state index contributed by atoms with van der Waals surface area (Å²) in [6.45, 7) is 12.5. The third-order valence-electron chi connectivity index (χ3n) is 4.93. The van der Waals surface area contributed by atoms with E-state index < -0.39 is 0 Å². The average molecular weight is 370 g/mol. The molecule has 0 spiro atoms. The molecule has 0 aliphatic carbocycles. The first kappa shape index (κ1) is 19.4. The van der Waals surface area contributed by atoms with Gasteiger partial charge in [-0.2, -0.15) is 5.10 Å². The lowest BCUT2D eigenvalue weighted by molar-refractivity contribution is 0.388. The van der Waals surface area contributed by atoms with Gasteiger partial charge in [-0.1, -0.05) is 13.8 Å². The van der Waals surface area contributed by atoms with Gasteiger partial charge in [0.05, 0.1) is 18.1 Å². The van der Waals surface area contributed by atoms with Crippen LogP contribution in [-0.4, -0.2) is 19.7 Å². The SMILES string of the molecule is Cc1cnc(C(C)Cc2oc(C(C)CCc3cnn(C(C)C)c3)nc2C)o1. The summed E-state index contributed by atoms with van der Waals surface area (Å²) < 4.78 is 13.7. The molecule has 0 saturated carbocycles. The van der Waals surface area contributed by atoms with E-state index in [2.05, 4.69) is 49.0 Å². The van der Waals surface area contributed by atoms with Crippen LogP contribution in [-0.2, 0) is 12.8 Å². The van der Waals surface area contributed by atoms with E-state index in [9.17, 15) is 0 Å². The molecule has 0 fully saturated rings. The molecule has 0 radical (unpaired) electrons. The highest BCUT2D eigenvalue weighted by molar-refractivity contribution is 5.13. The van der Waals surface area contributed by atoms with E-state index in [1.807, 2.05) is 24.7 Å². The van der Waals surface area contributed by atoms with Gasteiger partial charge in [0.1, 0.15) is 11.5 Å². The maximum atomic E-state index is 6.11. The lowest BCUT2D eigenvalue weighted by Gasteiger charge is -2.07. The molecule has 146 valence electrons. The molecule has 27 heavy (non-hydrogen) atoms. The fraction of sp³-hybridized carbons (Fsp3) is 0.571. The summed E-state index contributed by atoms with van der Waals surface area (Å²) in [5.74, 6) is 3.75. The smallest absolute Gasteiger partial charge is 0.197 e. The van der Waals surface area contributed by atoms with Gasteiger partial charge in [-0.05, 0) is 46.1 Å². The third-order valence-corrected chi connectivity index (χ3v) is 4.93. The largest absolute Gasteiger partial charge is 0.446 e. The topological polar surface area (TPSA) is 69.9 Å². The molecule has 0 aliphatic heterocycles. The molecule has 0 aliphatic rings. The van der Waals surface area contributed by atoms with Crippen molar-refractivity contribution in [2.75, 3.05) is 0 Å². The molecule has 0 aromatic carbocycles. The fourth-order valence-corrected chi connectivity index (χ4v) is 3.11. The highest BCUT2D eigenvalue weighted by Crippen LogP contribution is 2.27. The number of aryl methyl sites for hydroxylation is 3. The lowest BCUT2D eigenvalue weighted by atomic mass is 10.0. The van der Waals surface area contributed by atoms with Crippen LogP contribution >= 0.6 is 0 Å². The van der Waals surface area contributed by atoms with Crippen LogP contribution < -0.4 is 0 Å². The van der Waals surface area contributed by atoms with Crippen molar-refractivity contribution in [2.24, 2.45) is 0 Å². The number of hydrogen-bond acceptors (Lipinski definition) is 5. The zero-order valence-corrected chi connectivity index (χ0v) is 17.2. The van der Waals surface area contributed by atoms with Gasteiger partial charge in [-0.15, -0.1) is 0 Å². The second kappa shape index (κ2) is 8.11. The minimum Gasteiger partial charge on any atom is -0.446 e. The molecule has 3 aromatic rings. The summed E-state index contributed by atoms with van der Waals surface area (Å²) in [5.41, 5.74) is 2.21. The predicted octanol–water partition coefficient (Wildman–Crippen LogP) is 5.14. The first-order valence-electron chi connectivity index (χ1n) is 9.75. The van der Waals surface area contributed by atoms with Gasteiger partial charge in [0, 0.05) is 30.5 Å². The van der Waals surface area contributed by atoms with Crippen molar-refractivity contribution in [3.8, 4) is 0 Å². The molecule has 0 N–H and O–H groups in total. The van der Waals surface area contributed by atoms with Gasteiger partial charge in [0.15, 0.2) is 11.8 Å². The van der Waals surface area contributed by atoms with Crippen LogP contribution in [0.3, 0.4) is 0 Å². The van der Waals surface area contributed by atoms with E-state index >= 15 is 0 Å². The van der Waals surface area contributed by atoms with E-state index in [0.717, 1.165) is 48.3 Å². The van der Waals surface area contributed by atoms with Gasteiger partial charge in [-0.25, -0.2) is 9.97 Å². The molecule has 2 atom stereocenters. The third kappa shape index (κ3) is 4.67. The van der Waals surface area contributed by atoms with Crippen LogP contribution in [0.5, 0.6) is 0 Å². The zero-order valence-electron chi connectivity index (χ0n) is 17.2. The summed E-state index contributed by atoms with van der Waals surface area (Å²) in [5, 5.41) is 4.41. The Hall–Kier alpha value is -2.37. The number of aromatic nitrogens is 4. The fourth-order valence-electron chi connectivity index (χ4n) is 3.11.